The Bertz CT molecular complexity index is 44.8. The van der Waals surface area contributed by atoms with E-state index in [-0.39, 0.29) is 0 Å². The molecule has 0 spiro atoms. The predicted molar refractivity (Wildman–Crippen MR) is 41.8 cm³/mol. The molecule has 1 atom stereocenters. The molecule has 0 saturated heterocycles. The van der Waals surface area contributed by atoms with Gasteiger partial charge in [-0.05, 0) is 11.8 Å². The van der Waals surface area contributed by atoms with Gasteiger partial charge in [-0.25, -0.2) is 0 Å². The second-order valence-corrected chi connectivity index (χ2v) is 2.93. The van der Waals surface area contributed by atoms with Crippen LogP contribution in [-0.4, -0.2) is 9.29 Å². The molecular weight excluding hydrogens is 207 g/mol. The summed E-state index contributed by atoms with van der Waals surface area (Å²) in [5, 5.41) is 1.79. The molecule has 0 radical (unpaired) electrons. The molecule has 0 saturated carbocycles. The average molecular weight is 214 g/mol. The number of halogens is 1. The Balaban J connectivity index is 2.96. The Morgan fingerprint density at radius 2 is 2.50 bits per heavy atom. The van der Waals surface area contributed by atoms with E-state index >= 15 is 0 Å². The standard InChI is InChI=1S/C4H7IS/c1-2-4(5)3-6/h3-4H,2H2,1H3. The van der Waals surface area contributed by atoms with E-state index in [1.54, 1.807) is 5.37 Å². The predicted octanol–water partition coefficient (Wildman–Crippen LogP) is 2.20. The van der Waals surface area contributed by atoms with E-state index in [2.05, 4.69) is 41.7 Å². The monoisotopic (exact) mass is 214 g/mol. The second-order valence-electron chi connectivity index (χ2n) is 1.06. The summed E-state index contributed by atoms with van der Waals surface area (Å²) in [7, 11) is 0. The van der Waals surface area contributed by atoms with Gasteiger partial charge >= 0.3 is 0 Å². The zero-order valence-electron chi connectivity index (χ0n) is 3.65. The number of hydrogen-bond acceptors (Lipinski definition) is 1. The summed E-state index contributed by atoms with van der Waals surface area (Å²) >= 11 is 6.95. The van der Waals surface area contributed by atoms with Crippen LogP contribution in [-0.2, 0) is 0 Å². The molecule has 0 amide bonds. The molecule has 6 heavy (non-hydrogen) atoms. The van der Waals surface area contributed by atoms with Crippen molar-refractivity contribution in [2.24, 2.45) is 0 Å². The molecule has 0 nitrogen and oxygen atoms in total. The summed E-state index contributed by atoms with van der Waals surface area (Å²) in [5.74, 6) is 0. The first-order valence-electron chi connectivity index (χ1n) is 1.90. The van der Waals surface area contributed by atoms with Crippen LogP contribution in [0.1, 0.15) is 13.3 Å². The maximum Gasteiger partial charge on any atom is 0.0390 e. The first kappa shape index (κ1) is 6.82. The van der Waals surface area contributed by atoms with Gasteiger partial charge in [0.05, 0.1) is 0 Å². The highest BCUT2D eigenvalue weighted by Crippen LogP contribution is 1.99. The lowest BCUT2D eigenvalue weighted by Crippen LogP contribution is -1.90. The lowest BCUT2D eigenvalue weighted by molar-refractivity contribution is 1.06. The highest BCUT2D eigenvalue weighted by atomic mass is 127. The molecule has 0 fully saturated rings. The average Bonchev–Trinajstić information content (AvgIpc) is 1.65. The molecule has 0 bridgehead atoms. The van der Waals surface area contributed by atoms with Crippen LogP contribution >= 0.6 is 34.8 Å². The summed E-state index contributed by atoms with van der Waals surface area (Å²) in [6, 6.07) is 0. The van der Waals surface area contributed by atoms with Crippen LogP contribution in [0.25, 0.3) is 0 Å². The van der Waals surface area contributed by atoms with Gasteiger partial charge in [0, 0.05) is 3.92 Å². The van der Waals surface area contributed by atoms with E-state index in [4.69, 9.17) is 0 Å². The molecule has 0 heterocycles. The third-order valence-corrected chi connectivity index (χ3v) is 2.59. The van der Waals surface area contributed by atoms with E-state index in [1.807, 2.05) is 0 Å². The first-order chi connectivity index (χ1) is 2.81. The van der Waals surface area contributed by atoms with Gasteiger partial charge < -0.3 is 0 Å². The lowest BCUT2D eigenvalue weighted by Gasteiger charge is -1.89. The van der Waals surface area contributed by atoms with Crippen molar-refractivity contribution < 1.29 is 0 Å². The van der Waals surface area contributed by atoms with Crippen molar-refractivity contribution in [3.63, 3.8) is 0 Å². The van der Waals surface area contributed by atoms with Crippen molar-refractivity contribution in [3.8, 4) is 0 Å². The molecular formula is C4H7IS. The molecule has 0 N–H and O–H groups in total. The van der Waals surface area contributed by atoms with Crippen molar-refractivity contribution in [1.29, 1.82) is 0 Å². The normalized spacial score (nSPS) is 13.7. The van der Waals surface area contributed by atoms with Gasteiger partial charge in [-0.2, -0.15) is 0 Å². The number of rotatable bonds is 2. The van der Waals surface area contributed by atoms with Gasteiger partial charge in [-0.1, -0.05) is 41.7 Å². The third-order valence-electron chi connectivity index (χ3n) is 0.538. The van der Waals surface area contributed by atoms with Crippen LogP contribution in [0.2, 0.25) is 0 Å². The Labute approximate surface area is 57.5 Å². The minimum atomic E-state index is 0.595. The Morgan fingerprint density at radius 1 is 2.00 bits per heavy atom. The second kappa shape index (κ2) is 3.99. The van der Waals surface area contributed by atoms with Crippen molar-refractivity contribution in [2.45, 2.75) is 17.3 Å². The zero-order chi connectivity index (χ0) is 4.99. The van der Waals surface area contributed by atoms with Crippen LogP contribution in [0.15, 0.2) is 0 Å². The molecule has 36 valence electrons. The fourth-order valence-electron chi connectivity index (χ4n) is 0.0962. The quantitative estimate of drug-likeness (QED) is 0.385. The largest absolute Gasteiger partial charge is 0.0923 e. The van der Waals surface area contributed by atoms with E-state index in [0.29, 0.717) is 3.92 Å². The van der Waals surface area contributed by atoms with Crippen LogP contribution in [0.4, 0.5) is 0 Å². The summed E-state index contributed by atoms with van der Waals surface area (Å²) < 4.78 is 0.595. The first-order valence-corrected chi connectivity index (χ1v) is 3.62. The summed E-state index contributed by atoms with van der Waals surface area (Å²) in [6.45, 7) is 2.12. The van der Waals surface area contributed by atoms with E-state index in [0.717, 1.165) is 6.42 Å². The summed E-state index contributed by atoms with van der Waals surface area (Å²) in [6.07, 6.45) is 1.16. The van der Waals surface area contributed by atoms with Crippen LogP contribution in [0.3, 0.4) is 0 Å². The van der Waals surface area contributed by atoms with Crippen LogP contribution in [0.5, 0.6) is 0 Å². The van der Waals surface area contributed by atoms with Crippen LogP contribution in [0, 0.1) is 0 Å². The minimum Gasteiger partial charge on any atom is -0.0923 e. The van der Waals surface area contributed by atoms with Gasteiger partial charge in [0.25, 0.3) is 0 Å². The third kappa shape index (κ3) is 3.03. The number of hydrogen-bond donors (Lipinski definition) is 0. The SMILES string of the molecule is CCC(I)C=S. The molecule has 0 aromatic rings. The van der Waals surface area contributed by atoms with Crippen molar-refractivity contribution in [1.82, 2.24) is 0 Å². The number of alkyl halides is 1. The molecule has 0 aliphatic rings. The smallest absolute Gasteiger partial charge is 0.0390 e. The van der Waals surface area contributed by atoms with E-state index < -0.39 is 0 Å². The van der Waals surface area contributed by atoms with Crippen LogP contribution < -0.4 is 0 Å². The Hall–Kier alpha value is 0.820. The minimum absolute atomic E-state index is 0.595. The fourth-order valence-corrected chi connectivity index (χ4v) is 0.289. The van der Waals surface area contributed by atoms with E-state index in [9.17, 15) is 0 Å². The molecule has 2 heteroatoms. The number of thiocarbonyl (C=S) groups is 1. The molecule has 1 unspecified atom stereocenters. The molecule has 0 rings (SSSR count). The van der Waals surface area contributed by atoms with Gasteiger partial charge in [-0.3, -0.25) is 0 Å². The fraction of sp³-hybridized carbons (Fsp3) is 0.750. The van der Waals surface area contributed by atoms with Gasteiger partial charge in [0.1, 0.15) is 0 Å². The summed E-state index contributed by atoms with van der Waals surface area (Å²) in [4.78, 5) is 0. The van der Waals surface area contributed by atoms with E-state index in [1.165, 1.54) is 0 Å². The zero-order valence-corrected chi connectivity index (χ0v) is 6.62. The summed E-state index contributed by atoms with van der Waals surface area (Å²) in [5.41, 5.74) is 0. The molecule has 0 aromatic heterocycles. The molecule has 0 aliphatic heterocycles. The lowest BCUT2D eigenvalue weighted by atomic mass is 10.4. The van der Waals surface area contributed by atoms with Gasteiger partial charge in [0.2, 0.25) is 0 Å². The maximum absolute atomic E-state index is 4.64. The molecule has 0 aliphatic carbocycles. The Kier molecular flexibility index (Phi) is 4.54. The highest BCUT2D eigenvalue weighted by Gasteiger charge is 1.88. The van der Waals surface area contributed by atoms with Gasteiger partial charge in [-0.15, -0.1) is 0 Å². The van der Waals surface area contributed by atoms with Crippen molar-refractivity contribution >= 4 is 40.2 Å². The topological polar surface area (TPSA) is 0 Å². The van der Waals surface area contributed by atoms with Gasteiger partial charge in [0.15, 0.2) is 0 Å². The maximum atomic E-state index is 4.64. The molecule has 0 aromatic carbocycles. The van der Waals surface area contributed by atoms with Crippen molar-refractivity contribution in [2.75, 3.05) is 0 Å². The Morgan fingerprint density at radius 3 is 2.50 bits per heavy atom. The van der Waals surface area contributed by atoms with Crippen molar-refractivity contribution in [3.05, 3.63) is 0 Å². The highest BCUT2D eigenvalue weighted by molar-refractivity contribution is 14.1.